The number of nitrogens with one attached hydrogen (secondary N) is 1. The molecule has 1 amide bonds. The van der Waals surface area contributed by atoms with Crippen molar-refractivity contribution in [3.8, 4) is 11.5 Å². The third-order valence-electron chi connectivity index (χ3n) is 4.47. The molecule has 0 aliphatic heterocycles. The maximum atomic E-state index is 12.9. The Morgan fingerprint density at radius 1 is 0.862 bits per heavy atom. The van der Waals surface area contributed by atoms with Crippen molar-refractivity contribution in [3.05, 3.63) is 90.0 Å². The Kier molecular flexibility index (Phi) is 6.63. The predicted molar refractivity (Wildman–Crippen MR) is 113 cm³/mol. The van der Waals surface area contributed by atoms with Crippen LogP contribution in [-0.2, 0) is 4.79 Å². The predicted octanol–water partition coefficient (Wildman–Crippen LogP) is 4.72. The van der Waals surface area contributed by atoms with Crippen LogP contribution >= 0.6 is 0 Å². The van der Waals surface area contributed by atoms with Gasteiger partial charge < -0.3 is 14.8 Å². The number of para-hydroxylation sites is 3. The van der Waals surface area contributed by atoms with Crippen molar-refractivity contribution >= 4 is 17.4 Å². The normalized spacial score (nSPS) is 11.4. The molecule has 3 aromatic carbocycles. The molecule has 1 atom stereocenters. The zero-order valence-electron chi connectivity index (χ0n) is 16.4. The number of hydrogen-bond donors (Lipinski definition) is 1. The molecule has 5 heteroatoms. The summed E-state index contributed by atoms with van der Waals surface area (Å²) in [7, 11) is 1.55. The van der Waals surface area contributed by atoms with Crippen LogP contribution in [0, 0.1) is 0 Å². The van der Waals surface area contributed by atoms with Gasteiger partial charge in [0.1, 0.15) is 0 Å². The lowest BCUT2D eigenvalue weighted by Gasteiger charge is -2.19. The number of amides is 1. The molecule has 1 N–H and O–H groups in total. The van der Waals surface area contributed by atoms with Crippen LogP contribution in [0.2, 0.25) is 0 Å². The van der Waals surface area contributed by atoms with Crippen molar-refractivity contribution in [2.75, 3.05) is 12.4 Å². The monoisotopic (exact) mass is 389 g/mol. The molecule has 3 aromatic rings. The summed E-state index contributed by atoms with van der Waals surface area (Å²) in [6, 6.07) is 23.1. The topological polar surface area (TPSA) is 64.6 Å². The fraction of sp³-hybridized carbons (Fsp3) is 0.167. The molecule has 0 aromatic heterocycles. The van der Waals surface area contributed by atoms with Crippen LogP contribution in [0.4, 0.5) is 5.69 Å². The van der Waals surface area contributed by atoms with E-state index in [1.165, 1.54) is 0 Å². The number of benzene rings is 3. The highest BCUT2D eigenvalue weighted by atomic mass is 16.5. The molecule has 0 aliphatic rings. The maximum absolute atomic E-state index is 12.9. The van der Waals surface area contributed by atoms with E-state index in [1.807, 2.05) is 37.3 Å². The summed E-state index contributed by atoms with van der Waals surface area (Å²) >= 11 is 0. The van der Waals surface area contributed by atoms with E-state index in [4.69, 9.17) is 9.47 Å². The van der Waals surface area contributed by atoms with Gasteiger partial charge in [0.15, 0.2) is 23.4 Å². The van der Waals surface area contributed by atoms with E-state index in [0.717, 1.165) is 0 Å². The smallest absolute Gasteiger partial charge is 0.265 e. The summed E-state index contributed by atoms with van der Waals surface area (Å²) in [5.41, 5.74) is 1.44. The molecular weight excluding hydrogens is 366 g/mol. The van der Waals surface area contributed by atoms with Crippen LogP contribution in [0.25, 0.3) is 0 Å². The van der Waals surface area contributed by atoms with Gasteiger partial charge in [-0.15, -0.1) is 0 Å². The molecule has 0 saturated heterocycles. The van der Waals surface area contributed by atoms with Crippen molar-refractivity contribution in [1.82, 2.24) is 0 Å². The van der Waals surface area contributed by atoms with Gasteiger partial charge in [0.05, 0.1) is 12.8 Å². The number of carbonyl (C=O) groups is 2. The second-order valence-corrected chi connectivity index (χ2v) is 6.40. The number of rotatable bonds is 8. The Morgan fingerprint density at radius 3 is 2.17 bits per heavy atom. The van der Waals surface area contributed by atoms with Crippen LogP contribution < -0.4 is 14.8 Å². The Balaban J connectivity index is 1.80. The molecule has 0 saturated carbocycles. The van der Waals surface area contributed by atoms with Crippen molar-refractivity contribution < 1.29 is 19.1 Å². The fourth-order valence-corrected chi connectivity index (χ4v) is 2.94. The first-order chi connectivity index (χ1) is 14.1. The number of ether oxygens (including phenoxy) is 2. The van der Waals surface area contributed by atoms with Gasteiger partial charge >= 0.3 is 0 Å². The van der Waals surface area contributed by atoms with Gasteiger partial charge in [-0.05, 0) is 30.7 Å². The first kappa shape index (κ1) is 20.1. The lowest BCUT2D eigenvalue weighted by molar-refractivity contribution is -0.122. The SMILES string of the molecule is CC[C@H](Oc1ccccc1OC)C(=O)Nc1ccccc1C(=O)c1ccccc1. The highest BCUT2D eigenvalue weighted by Gasteiger charge is 2.22. The highest BCUT2D eigenvalue weighted by Crippen LogP contribution is 2.28. The van der Waals surface area contributed by atoms with Gasteiger partial charge in [-0.1, -0.05) is 61.5 Å². The number of ketones is 1. The molecular formula is C24H23NO4. The van der Waals surface area contributed by atoms with E-state index in [0.29, 0.717) is 34.7 Å². The Labute approximate surface area is 170 Å². The van der Waals surface area contributed by atoms with Crippen molar-refractivity contribution in [1.29, 1.82) is 0 Å². The Bertz CT molecular complexity index is 985. The second-order valence-electron chi connectivity index (χ2n) is 6.40. The molecule has 148 valence electrons. The van der Waals surface area contributed by atoms with E-state index in [9.17, 15) is 9.59 Å². The average molecular weight is 389 g/mol. The Morgan fingerprint density at radius 2 is 1.48 bits per heavy atom. The first-order valence-electron chi connectivity index (χ1n) is 9.43. The zero-order chi connectivity index (χ0) is 20.6. The molecule has 0 radical (unpaired) electrons. The van der Waals surface area contributed by atoms with Crippen LogP contribution in [0.15, 0.2) is 78.9 Å². The van der Waals surface area contributed by atoms with E-state index in [1.54, 1.807) is 55.6 Å². The standard InChI is InChI=1S/C24H23NO4/c1-3-20(29-22-16-10-9-15-21(22)28-2)24(27)25-19-14-8-7-13-18(19)23(26)17-11-5-4-6-12-17/h4-16,20H,3H2,1-2H3,(H,25,27)/t20-/m0/s1. The average Bonchev–Trinajstić information content (AvgIpc) is 2.78. The van der Waals surface area contributed by atoms with E-state index in [2.05, 4.69) is 5.32 Å². The first-order valence-corrected chi connectivity index (χ1v) is 9.43. The van der Waals surface area contributed by atoms with Gasteiger partial charge in [-0.2, -0.15) is 0 Å². The highest BCUT2D eigenvalue weighted by molar-refractivity contribution is 6.14. The fourth-order valence-electron chi connectivity index (χ4n) is 2.94. The van der Waals surface area contributed by atoms with Gasteiger partial charge in [0, 0.05) is 11.1 Å². The molecule has 0 bridgehead atoms. The van der Waals surface area contributed by atoms with Crippen LogP contribution in [0.1, 0.15) is 29.3 Å². The minimum Gasteiger partial charge on any atom is -0.493 e. The summed E-state index contributed by atoms with van der Waals surface area (Å²) in [6.45, 7) is 1.86. The number of methoxy groups -OCH3 is 1. The van der Waals surface area contributed by atoms with Gasteiger partial charge in [-0.3, -0.25) is 9.59 Å². The molecule has 0 aliphatic carbocycles. The lowest BCUT2D eigenvalue weighted by atomic mass is 10.0. The molecule has 0 unspecified atom stereocenters. The zero-order valence-corrected chi connectivity index (χ0v) is 16.4. The molecule has 5 nitrogen and oxygen atoms in total. The van der Waals surface area contributed by atoms with Gasteiger partial charge in [0.2, 0.25) is 0 Å². The van der Waals surface area contributed by atoms with E-state index in [-0.39, 0.29) is 11.7 Å². The largest absolute Gasteiger partial charge is 0.493 e. The molecule has 0 fully saturated rings. The summed E-state index contributed by atoms with van der Waals surface area (Å²) < 4.78 is 11.2. The summed E-state index contributed by atoms with van der Waals surface area (Å²) in [6.07, 6.45) is -0.273. The molecule has 29 heavy (non-hydrogen) atoms. The van der Waals surface area contributed by atoms with Crippen LogP contribution in [0.3, 0.4) is 0 Å². The number of hydrogen-bond acceptors (Lipinski definition) is 4. The minimum absolute atomic E-state index is 0.153. The van der Waals surface area contributed by atoms with E-state index < -0.39 is 6.10 Å². The number of carbonyl (C=O) groups excluding carboxylic acids is 2. The van der Waals surface area contributed by atoms with Crippen molar-refractivity contribution in [2.24, 2.45) is 0 Å². The number of anilines is 1. The van der Waals surface area contributed by atoms with Crippen LogP contribution in [0.5, 0.6) is 11.5 Å². The maximum Gasteiger partial charge on any atom is 0.265 e. The minimum atomic E-state index is -0.730. The van der Waals surface area contributed by atoms with Gasteiger partial charge in [-0.25, -0.2) is 0 Å². The lowest BCUT2D eigenvalue weighted by Crippen LogP contribution is -2.33. The summed E-state index contributed by atoms with van der Waals surface area (Å²) in [5.74, 6) is 0.566. The molecule has 0 heterocycles. The second kappa shape index (κ2) is 9.55. The molecule has 3 rings (SSSR count). The van der Waals surface area contributed by atoms with Gasteiger partial charge in [0.25, 0.3) is 5.91 Å². The van der Waals surface area contributed by atoms with Crippen molar-refractivity contribution in [2.45, 2.75) is 19.4 Å². The van der Waals surface area contributed by atoms with E-state index >= 15 is 0 Å². The summed E-state index contributed by atoms with van der Waals surface area (Å²) in [5, 5.41) is 2.84. The third-order valence-corrected chi connectivity index (χ3v) is 4.47. The van der Waals surface area contributed by atoms with Crippen molar-refractivity contribution in [3.63, 3.8) is 0 Å². The Hall–Kier alpha value is -3.60. The molecule has 0 spiro atoms. The third kappa shape index (κ3) is 4.82. The van der Waals surface area contributed by atoms with Crippen LogP contribution in [-0.4, -0.2) is 24.9 Å². The quantitative estimate of drug-likeness (QED) is 0.566. The summed E-state index contributed by atoms with van der Waals surface area (Å²) in [4.78, 5) is 25.7.